The van der Waals surface area contributed by atoms with E-state index in [4.69, 9.17) is 5.11 Å². The minimum Gasteiger partial charge on any atom is -0.507 e. The van der Waals surface area contributed by atoms with Gasteiger partial charge in [0.05, 0.1) is 5.56 Å². The van der Waals surface area contributed by atoms with Crippen LogP contribution in [0.2, 0.25) is 0 Å². The molecule has 0 aliphatic heterocycles. The monoisotopic (exact) mass is 278 g/mol. The predicted molar refractivity (Wildman–Crippen MR) is 54.7 cm³/mol. The molecule has 1 aromatic carbocycles. The van der Waals surface area contributed by atoms with Gasteiger partial charge in [0.2, 0.25) is 0 Å². The lowest BCUT2D eigenvalue weighted by molar-refractivity contribution is -0.146. The van der Waals surface area contributed by atoms with Gasteiger partial charge in [-0.2, -0.15) is 13.2 Å². The molecule has 19 heavy (non-hydrogen) atoms. The van der Waals surface area contributed by atoms with Gasteiger partial charge in [0.1, 0.15) is 11.6 Å². The SMILES string of the molecule is O=C(O)C(=O)C=C(O)c1ccc(F)c(C(F)(F)F)c1. The summed E-state index contributed by atoms with van der Waals surface area (Å²) in [6.45, 7) is 0. The van der Waals surface area contributed by atoms with E-state index in [9.17, 15) is 32.3 Å². The first-order valence-corrected chi connectivity index (χ1v) is 4.68. The van der Waals surface area contributed by atoms with Crippen LogP contribution in [-0.2, 0) is 15.8 Å². The van der Waals surface area contributed by atoms with Crippen LogP contribution in [0.3, 0.4) is 0 Å². The summed E-state index contributed by atoms with van der Waals surface area (Å²) in [5, 5.41) is 17.6. The van der Waals surface area contributed by atoms with Crippen LogP contribution in [0.4, 0.5) is 17.6 Å². The Bertz CT molecular complexity index is 560. The first kappa shape index (κ1) is 14.7. The van der Waals surface area contributed by atoms with Gasteiger partial charge in [-0.05, 0) is 18.2 Å². The predicted octanol–water partition coefficient (Wildman–Crippen LogP) is 2.40. The maximum atomic E-state index is 12.9. The van der Waals surface area contributed by atoms with E-state index in [1.807, 2.05) is 0 Å². The number of aliphatic hydroxyl groups is 1. The van der Waals surface area contributed by atoms with Crippen molar-refractivity contribution in [1.82, 2.24) is 0 Å². The van der Waals surface area contributed by atoms with E-state index in [0.29, 0.717) is 6.07 Å². The molecular weight excluding hydrogens is 272 g/mol. The number of alkyl halides is 3. The molecule has 0 aliphatic carbocycles. The molecular formula is C11H6F4O4. The molecule has 2 N–H and O–H groups in total. The van der Waals surface area contributed by atoms with E-state index in [-0.39, 0.29) is 12.1 Å². The highest BCUT2D eigenvalue weighted by Crippen LogP contribution is 2.32. The Kier molecular flexibility index (Phi) is 3.93. The standard InChI is InChI=1S/C11H6F4O4/c12-7-2-1-5(3-6(7)11(13,14)15)8(16)4-9(17)10(18)19/h1-4,16H,(H,18,19). The van der Waals surface area contributed by atoms with E-state index in [2.05, 4.69) is 0 Å². The molecule has 0 radical (unpaired) electrons. The smallest absolute Gasteiger partial charge is 0.419 e. The van der Waals surface area contributed by atoms with E-state index >= 15 is 0 Å². The summed E-state index contributed by atoms with van der Waals surface area (Å²) < 4.78 is 50.1. The van der Waals surface area contributed by atoms with Gasteiger partial charge in [-0.3, -0.25) is 4.79 Å². The van der Waals surface area contributed by atoms with Crippen molar-refractivity contribution in [3.8, 4) is 0 Å². The van der Waals surface area contributed by atoms with Crippen LogP contribution in [0, 0.1) is 5.82 Å². The summed E-state index contributed by atoms with van der Waals surface area (Å²) in [7, 11) is 0. The number of hydrogen-bond donors (Lipinski definition) is 2. The summed E-state index contributed by atoms with van der Waals surface area (Å²) in [6.07, 6.45) is -4.74. The van der Waals surface area contributed by atoms with Crippen LogP contribution >= 0.6 is 0 Å². The second-order valence-corrected chi connectivity index (χ2v) is 3.39. The van der Waals surface area contributed by atoms with Crippen LogP contribution in [0.25, 0.3) is 5.76 Å². The molecule has 0 fully saturated rings. The molecule has 0 atom stereocenters. The number of aliphatic hydroxyl groups excluding tert-OH is 1. The summed E-state index contributed by atoms with van der Waals surface area (Å²) in [4.78, 5) is 20.9. The van der Waals surface area contributed by atoms with Gasteiger partial charge >= 0.3 is 12.1 Å². The first-order valence-electron chi connectivity index (χ1n) is 4.68. The average Bonchev–Trinajstić information content (AvgIpc) is 2.27. The van der Waals surface area contributed by atoms with Crippen LogP contribution in [-0.4, -0.2) is 22.0 Å². The lowest BCUT2D eigenvalue weighted by Gasteiger charge is -2.09. The minimum absolute atomic E-state index is 0.232. The number of rotatable bonds is 3. The number of aliphatic carboxylic acids is 1. The second kappa shape index (κ2) is 5.09. The topological polar surface area (TPSA) is 74.6 Å². The fraction of sp³-hybridized carbons (Fsp3) is 0.0909. The highest BCUT2D eigenvalue weighted by atomic mass is 19.4. The molecule has 4 nitrogen and oxygen atoms in total. The van der Waals surface area contributed by atoms with Crippen molar-refractivity contribution < 1.29 is 37.4 Å². The Labute approximate surface area is 103 Å². The van der Waals surface area contributed by atoms with Crippen molar-refractivity contribution >= 4 is 17.5 Å². The van der Waals surface area contributed by atoms with Crippen LogP contribution in [0.5, 0.6) is 0 Å². The van der Waals surface area contributed by atoms with Gasteiger partial charge < -0.3 is 10.2 Å². The largest absolute Gasteiger partial charge is 0.507 e. The third-order valence-electron chi connectivity index (χ3n) is 2.05. The Morgan fingerprint density at radius 3 is 2.21 bits per heavy atom. The molecule has 0 bridgehead atoms. The number of carboxylic acid groups (broad SMARTS) is 1. The highest BCUT2D eigenvalue weighted by molar-refractivity contribution is 6.38. The normalized spacial score (nSPS) is 12.3. The number of carbonyl (C=O) groups excluding carboxylic acids is 1. The quantitative estimate of drug-likeness (QED) is 0.385. The zero-order chi connectivity index (χ0) is 14.8. The molecule has 0 aromatic heterocycles. The van der Waals surface area contributed by atoms with E-state index in [1.54, 1.807) is 0 Å². The fourth-order valence-electron chi connectivity index (χ4n) is 1.17. The Morgan fingerprint density at radius 2 is 1.74 bits per heavy atom. The average molecular weight is 278 g/mol. The number of carbonyl (C=O) groups is 2. The maximum absolute atomic E-state index is 12.9. The van der Waals surface area contributed by atoms with Crippen molar-refractivity contribution in [1.29, 1.82) is 0 Å². The fourth-order valence-corrected chi connectivity index (χ4v) is 1.17. The van der Waals surface area contributed by atoms with Crippen molar-refractivity contribution in [3.63, 3.8) is 0 Å². The molecule has 102 valence electrons. The molecule has 0 aliphatic rings. The van der Waals surface area contributed by atoms with E-state index < -0.39 is 40.6 Å². The van der Waals surface area contributed by atoms with Crippen LogP contribution in [0.1, 0.15) is 11.1 Å². The molecule has 0 saturated carbocycles. The summed E-state index contributed by atoms with van der Waals surface area (Å²) >= 11 is 0. The number of carboxylic acids is 1. The number of halogens is 4. The summed E-state index contributed by atoms with van der Waals surface area (Å²) in [6, 6.07) is 1.51. The van der Waals surface area contributed by atoms with Crippen molar-refractivity contribution in [2.24, 2.45) is 0 Å². The highest BCUT2D eigenvalue weighted by Gasteiger charge is 2.34. The zero-order valence-electron chi connectivity index (χ0n) is 9.03. The van der Waals surface area contributed by atoms with Crippen LogP contribution in [0.15, 0.2) is 24.3 Å². The summed E-state index contributed by atoms with van der Waals surface area (Å²) in [5.74, 6) is -5.95. The number of hydrogen-bond acceptors (Lipinski definition) is 3. The molecule has 0 heterocycles. The summed E-state index contributed by atoms with van der Waals surface area (Å²) in [5.41, 5.74) is -2.16. The number of ketones is 1. The number of benzene rings is 1. The van der Waals surface area contributed by atoms with Gasteiger partial charge in [0.25, 0.3) is 5.78 Å². The molecule has 8 heteroatoms. The molecule has 0 saturated heterocycles. The Hall–Kier alpha value is -2.38. The second-order valence-electron chi connectivity index (χ2n) is 3.39. The lowest BCUT2D eigenvalue weighted by atomic mass is 10.1. The minimum atomic E-state index is -4.98. The zero-order valence-corrected chi connectivity index (χ0v) is 9.03. The van der Waals surface area contributed by atoms with Gasteiger partial charge in [-0.15, -0.1) is 0 Å². The lowest BCUT2D eigenvalue weighted by Crippen LogP contribution is -2.11. The first-order chi connectivity index (χ1) is 8.62. The van der Waals surface area contributed by atoms with E-state index in [1.165, 1.54) is 0 Å². The van der Waals surface area contributed by atoms with Gasteiger partial charge in [-0.1, -0.05) is 0 Å². The third kappa shape index (κ3) is 3.54. The van der Waals surface area contributed by atoms with Crippen LogP contribution < -0.4 is 0 Å². The molecule has 1 rings (SSSR count). The van der Waals surface area contributed by atoms with E-state index in [0.717, 1.165) is 6.07 Å². The van der Waals surface area contributed by atoms with Crippen molar-refractivity contribution in [2.75, 3.05) is 0 Å². The third-order valence-corrected chi connectivity index (χ3v) is 2.05. The molecule has 0 unspecified atom stereocenters. The van der Waals surface area contributed by atoms with Gasteiger partial charge in [0.15, 0.2) is 0 Å². The Balaban J connectivity index is 3.23. The van der Waals surface area contributed by atoms with Crippen molar-refractivity contribution in [3.05, 3.63) is 41.2 Å². The van der Waals surface area contributed by atoms with Gasteiger partial charge in [0, 0.05) is 11.6 Å². The molecule has 0 amide bonds. The van der Waals surface area contributed by atoms with Gasteiger partial charge in [-0.25, -0.2) is 9.18 Å². The van der Waals surface area contributed by atoms with Crippen molar-refractivity contribution in [2.45, 2.75) is 6.18 Å². The Morgan fingerprint density at radius 1 is 1.16 bits per heavy atom. The molecule has 0 spiro atoms. The molecule has 1 aromatic rings. The maximum Gasteiger partial charge on any atom is 0.419 e.